The third-order valence-electron chi connectivity index (χ3n) is 2.76. The highest BCUT2D eigenvalue weighted by Gasteiger charge is 2.44. The Hall–Kier alpha value is -1.17. The first-order chi connectivity index (χ1) is 9.07. The minimum atomic E-state index is -0.545. The first kappa shape index (κ1) is 16.9. The SMILES string of the molecule is COC(=O)/C=C/C1CSC(C)(C)N1C(=O)OC(C)(C)C. The van der Waals surface area contributed by atoms with Crippen molar-refractivity contribution in [2.24, 2.45) is 0 Å². The van der Waals surface area contributed by atoms with E-state index in [9.17, 15) is 9.59 Å². The van der Waals surface area contributed by atoms with E-state index in [1.807, 2.05) is 34.6 Å². The first-order valence-electron chi connectivity index (χ1n) is 6.49. The van der Waals surface area contributed by atoms with Gasteiger partial charge in [0.25, 0.3) is 0 Å². The van der Waals surface area contributed by atoms with Crippen molar-refractivity contribution in [2.45, 2.75) is 51.1 Å². The predicted octanol–water partition coefficient (Wildman–Crippen LogP) is 2.80. The van der Waals surface area contributed by atoms with E-state index >= 15 is 0 Å². The molecule has 1 amide bonds. The van der Waals surface area contributed by atoms with Crippen molar-refractivity contribution in [3.05, 3.63) is 12.2 Å². The minimum absolute atomic E-state index is 0.177. The molecule has 0 aromatic rings. The number of hydrogen-bond donors (Lipinski definition) is 0. The lowest BCUT2D eigenvalue weighted by Gasteiger charge is -2.35. The van der Waals surface area contributed by atoms with Crippen LogP contribution in [0, 0.1) is 0 Å². The first-order valence-corrected chi connectivity index (χ1v) is 7.48. The average molecular weight is 301 g/mol. The molecule has 1 unspecified atom stereocenters. The molecule has 6 heteroatoms. The van der Waals surface area contributed by atoms with Crippen LogP contribution < -0.4 is 0 Å². The molecule has 1 aliphatic rings. The van der Waals surface area contributed by atoms with Gasteiger partial charge in [0.05, 0.1) is 18.0 Å². The Bertz CT molecular complexity index is 412. The van der Waals surface area contributed by atoms with Crippen LogP contribution in [0.5, 0.6) is 0 Å². The van der Waals surface area contributed by atoms with E-state index in [1.54, 1.807) is 22.7 Å². The summed E-state index contributed by atoms with van der Waals surface area (Å²) in [5.74, 6) is 0.295. The fourth-order valence-electron chi connectivity index (χ4n) is 1.90. The number of carbonyl (C=O) groups excluding carboxylic acids is 2. The van der Waals surface area contributed by atoms with Crippen molar-refractivity contribution in [3.8, 4) is 0 Å². The number of ether oxygens (including phenoxy) is 2. The van der Waals surface area contributed by atoms with E-state index in [-0.39, 0.29) is 17.0 Å². The second-order valence-electron chi connectivity index (χ2n) is 6.06. The molecule has 0 N–H and O–H groups in total. The Labute approximate surface area is 124 Å². The van der Waals surface area contributed by atoms with Crippen LogP contribution >= 0.6 is 11.8 Å². The molecule has 0 bridgehead atoms. The van der Waals surface area contributed by atoms with Crippen LogP contribution in [0.1, 0.15) is 34.6 Å². The fourth-order valence-corrected chi connectivity index (χ4v) is 3.09. The van der Waals surface area contributed by atoms with Crippen LogP contribution in [0.4, 0.5) is 4.79 Å². The van der Waals surface area contributed by atoms with Crippen LogP contribution in [0.2, 0.25) is 0 Å². The number of carbonyl (C=O) groups is 2. The lowest BCUT2D eigenvalue weighted by atomic mass is 10.2. The Balaban J connectivity index is 2.88. The van der Waals surface area contributed by atoms with Gasteiger partial charge >= 0.3 is 12.1 Å². The van der Waals surface area contributed by atoms with Crippen molar-refractivity contribution in [1.82, 2.24) is 4.90 Å². The minimum Gasteiger partial charge on any atom is -0.466 e. The highest BCUT2D eigenvalue weighted by molar-refractivity contribution is 8.00. The molecule has 0 aromatic heterocycles. The Morgan fingerprint density at radius 3 is 2.45 bits per heavy atom. The van der Waals surface area contributed by atoms with E-state index in [1.165, 1.54) is 13.2 Å². The standard InChI is InChI=1S/C14H23NO4S/c1-13(2,3)19-12(17)15-10(7-8-11(16)18-6)9-20-14(15,4)5/h7-8,10H,9H2,1-6H3/b8-7+. The second-order valence-corrected chi connectivity index (χ2v) is 7.68. The number of methoxy groups -OCH3 is 1. The average Bonchev–Trinajstić information content (AvgIpc) is 2.59. The summed E-state index contributed by atoms with van der Waals surface area (Å²) in [4.78, 5) is 24.8. The Morgan fingerprint density at radius 2 is 1.95 bits per heavy atom. The zero-order valence-corrected chi connectivity index (χ0v) is 13.7. The summed E-state index contributed by atoms with van der Waals surface area (Å²) in [7, 11) is 1.33. The van der Waals surface area contributed by atoms with E-state index < -0.39 is 11.6 Å². The van der Waals surface area contributed by atoms with Crippen molar-refractivity contribution >= 4 is 23.8 Å². The summed E-state index contributed by atoms with van der Waals surface area (Å²) < 4.78 is 10.0. The smallest absolute Gasteiger partial charge is 0.411 e. The van der Waals surface area contributed by atoms with Crippen LogP contribution in [-0.2, 0) is 14.3 Å². The van der Waals surface area contributed by atoms with Crippen molar-refractivity contribution in [1.29, 1.82) is 0 Å². The number of esters is 1. The molecule has 0 saturated carbocycles. The molecule has 20 heavy (non-hydrogen) atoms. The van der Waals surface area contributed by atoms with Gasteiger partial charge in [-0.05, 0) is 34.6 Å². The van der Waals surface area contributed by atoms with E-state index in [0.717, 1.165) is 5.75 Å². The van der Waals surface area contributed by atoms with E-state index in [0.29, 0.717) is 0 Å². The Kier molecular flexibility index (Phi) is 5.13. The van der Waals surface area contributed by atoms with Gasteiger partial charge in [0.15, 0.2) is 0 Å². The molecule has 1 aliphatic heterocycles. The van der Waals surface area contributed by atoms with Crippen LogP contribution in [0.15, 0.2) is 12.2 Å². The molecule has 0 radical (unpaired) electrons. The maximum Gasteiger partial charge on any atom is 0.411 e. The highest BCUT2D eigenvalue weighted by Crippen LogP contribution is 2.40. The van der Waals surface area contributed by atoms with Crippen molar-refractivity contribution in [2.75, 3.05) is 12.9 Å². The van der Waals surface area contributed by atoms with E-state index in [2.05, 4.69) is 4.74 Å². The number of thioether (sulfide) groups is 1. The Morgan fingerprint density at radius 1 is 1.35 bits per heavy atom. The van der Waals surface area contributed by atoms with E-state index in [4.69, 9.17) is 4.74 Å². The van der Waals surface area contributed by atoms with Gasteiger partial charge in [-0.25, -0.2) is 9.59 Å². The predicted molar refractivity (Wildman–Crippen MR) is 79.6 cm³/mol. The maximum absolute atomic E-state index is 12.3. The quantitative estimate of drug-likeness (QED) is 0.580. The van der Waals surface area contributed by atoms with Gasteiger partial charge in [0.2, 0.25) is 0 Å². The summed E-state index contributed by atoms with van der Waals surface area (Å²) >= 11 is 1.65. The van der Waals surface area contributed by atoms with Gasteiger partial charge in [-0.15, -0.1) is 11.8 Å². The molecule has 1 fully saturated rings. The molecule has 5 nitrogen and oxygen atoms in total. The normalized spacial score (nSPS) is 22.1. The lowest BCUT2D eigenvalue weighted by molar-refractivity contribution is -0.134. The van der Waals surface area contributed by atoms with Crippen LogP contribution in [-0.4, -0.2) is 46.3 Å². The zero-order chi connectivity index (χ0) is 15.6. The van der Waals surface area contributed by atoms with Gasteiger partial charge in [-0.2, -0.15) is 0 Å². The molecule has 1 atom stereocenters. The summed E-state index contributed by atoms with van der Waals surface area (Å²) in [6.07, 6.45) is 2.67. The summed E-state index contributed by atoms with van der Waals surface area (Å²) in [6.45, 7) is 9.43. The number of nitrogens with zero attached hydrogens (tertiary/aromatic N) is 1. The largest absolute Gasteiger partial charge is 0.466 e. The number of hydrogen-bond acceptors (Lipinski definition) is 5. The molecule has 1 heterocycles. The van der Waals surface area contributed by atoms with Gasteiger partial charge in [0, 0.05) is 11.8 Å². The summed E-state index contributed by atoms with van der Waals surface area (Å²) in [5, 5.41) is 0. The van der Waals surface area contributed by atoms with Gasteiger partial charge in [-0.1, -0.05) is 6.08 Å². The highest BCUT2D eigenvalue weighted by atomic mass is 32.2. The summed E-state index contributed by atoms with van der Waals surface area (Å²) in [6, 6.07) is -0.177. The van der Waals surface area contributed by atoms with Crippen LogP contribution in [0.3, 0.4) is 0 Å². The topological polar surface area (TPSA) is 55.8 Å². The molecular formula is C14H23NO4S. The molecule has 1 saturated heterocycles. The van der Waals surface area contributed by atoms with Gasteiger partial charge in [-0.3, -0.25) is 4.90 Å². The maximum atomic E-state index is 12.3. The zero-order valence-electron chi connectivity index (χ0n) is 12.9. The molecule has 0 aliphatic carbocycles. The fraction of sp³-hybridized carbons (Fsp3) is 0.714. The molecule has 1 rings (SSSR count). The van der Waals surface area contributed by atoms with Gasteiger partial charge in [0.1, 0.15) is 5.60 Å². The summed E-state index contributed by atoms with van der Waals surface area (Å²) in [5.41, 5.74) is -0.545. The lowest BCUT2D eigenvalue weighted by Crippen LogP contribution is -2.48. The van der Waals surface area contributed by atoms with Gasteiger partial charge < -0.3 is 9.47 Å². The second kappa shape index (κ2) is 6.08. The molecule has 0 spiro atoms. The van der Waals surface area contributed by atoms with Crippen molar-refractivity contribution < 1.29 is 19.1 Å². The number of amides is 1. The van der Waals surface area contributed by atoms with Crippen molar-refractivity contribution in [3.63, 3.8) is 0 Å². The molecule has 114 valence electrons. The molecular weight excluding hydrogens is 278 g/mol. The third-order valence-corrected chi connectivity index (χ3v) is 4.18. The number of rotatable bonds is 2. The monoisotopic (exact) mass is 301 g/mol. The third kappa shape index (κ3) is 4.44. The van der Waals surface area contributed by atoms with Crippen LogP contribution in [0.25, 0.3) is 0 Å². The molecule has 0 aromatic carbocycles.